The van der Waals surface area contributed by atoms with E-state index in [9.17, 15) is 10.2 Å². The molecule has 0 bridgehead atoms. The molecule has 0 spiro atoms. The zero-order chi connectivity index (χ0) is 12.9. The maximum absolute atomic E-state index is 9.78. The lowest BCUT2D eigenvalue weighted by Crippen LogP contribution is -2.06. The number of rotatable bonds is 0. The molecule has 2 aromatic rings. The topological polar surface area (TPSA) is 40.5 Å². The standard InChI is InChI=1S/C16H16O2/c1-9-7-14-11(8-16(9)18)3-4-12-10(2)15(17)6-5-13(12)14/h5-8,17-18H,3-4H2,1-2H3. The van der Waals surface area contributed by atoms with Gasteiger partial charge in [-0.05, 0) is 78.3 Å². The lowest BCUT2D eigenvalue weighted by molar-refractivity contribution is 0.468. The summed E-state index contributed by atoms with van der Waals surface area (Å²) < 4.78 is 0. The molecule has 0 fully saturated rings. The molecule has 18 heavy (non-hydrogen) atoms. The Morgan fingerprint density at radius 2 is 1.67 bits per heavy atom. The first-order valence-corrected chi connectivity index (χ1v) is 6.22. The molecule has 2 N–H and O–H groups in total. The van der Waals surface area contributed by atoms with Crippen LogP contribution in [0.15, 0.2) is 24.3 Å². The lowest BCUT2D eigenvalue weighted by Gasteiger charge is -2.23. The van der Waals surface area contributed by atoms with Crippen LogP contribution in [0.25, 0.3) is 11.1 Å². The summed E-state index contributed by atoms with van der Waals surface area (Å²) >= 11 is 0. The average molecular weight is 240 g/mol. The van der Waals surface area contributed by atoms with Crippen LogP contribution in [0.1, 0.15) is 22.3 Å². The van der Waals surface area contributed by atoms with Gasteiger partial charge in [0.25, 0.3) is 0 Å². The van der Waals surface area contributed by atoms with Gasteiger partial charge in [0.05, 0.1) is 0 Å². The molecule has 1 aliphatic rings. The van der Waals surface area contributed by atoms with Gasteiger partial charge in [0.15, 0.2) is 0 Å². The van der Waals surface area contributed by atoms with E-state index < -0.39 is 0 Å². The van der Waals surface area contributed by atoms with Crippen LogP contribution in [-0.4, -0.2) is 10.2 Å². The van der Waals surface area contributed by atoms with E-state index in [4.69, 9.17) is 0 Å². The molecule has 0 saturated heterocycles. The van der Waals surface area contributed by atoms with Crippen molar-refractivity contribution in [1.82, 2.24) is 0 Å². The van der Waals surface area contributed by atoms with E-state index in [1.54, 1.807) is 6.07 Å². The van der Waals surface area contributed by atoms with E-state index in [0.29, 0.717) is 11.5 Å². The van der Waals surface area contributed by atoms with Gasteiger partial charge in [-0.15, -0.1) is 0 Å². The van der Waals surface area contributed by atoms with Crippen LogP contribution in [0, 0.1) is 13.8 Å². The SMILES string of the molecule is Cc1cc2c(cc1O)CCc1c-2ccc(O)c1C. The fraction of sp³-hybridized carbons (Fsp3) is 0.250. The minimum absolute atomic E-state index is 0.368. The van der Waals surface area contributed by atoms with Crippen molar-refractivity contribution >= 4 is 0 Å². The molecule has 0 atom stereocenters. The zero-order valence-electron chi connectivity index (χ0n) is 10.6. The maximum atomic E-state index is 9.78. The predicted octanol–water partition coefficient (Wildman–Crippen LogP) is 3.48. The van der Waals surface area contributed by atoms with Crippen LogP contribution in [0.2, 0.25) is 0 Å². The zero-order valence-corrected chi connectivity index (χ0v) is 10.6. The second-order valence-corrected chi connectivity index (χ2v) is 5.03. The number of phenolic OH excluding ortho intramolecular Hbond substituents is 2. The minimum Gasteiger partial charge on any atom is -0.508 e. The molecule has 0 radical (unpaired) electrons. The van der Waals surface area contributed by atoms with Crippen molar-refractivity contribution in [3.8, 4) is 22.6 Å². The smallest absolute Gasteiger partial charge is 0.118 e. The van der Waals surface area contributed by atoms with E-state index >= 15 is 0 Å². The Morgan fingerprint density at radius 1 is 0.889 bits per heavy atom. The molecule has 3 rings (SSSR count). The Hall–Kier alpha value is -1.96. The summed E-state index contributed by atoms with van der Waals surface area (Å²) in [5, 5.41) is 19.6. The minimum atomic E-state index is 0.368. The van der Waals surface area contributed by atoms with Crippen molar-refractivity contribution in [3.63, 3.8) is 0 Å². The summed E-state index contributed by atoms with van der Waals surface area (Å²) in [5.41, 5.74) is 6.67. The molecular formula is C16H16O2. The van der Waals surface area contributed by atoms with Crippen LogP contribution in [0.5, 0.6) is 11.5 Å². The highest BCUT2D eigenvalue weighted by molar-refractivity contribution is 5.76. The average Bonchev–Trinajstić information content (AvgIpc) is 2.35. The van der Waals surface area contributed by atoms with Crippen LogP contribution in [0.3, 0.4) is 0 Å². The quantitative estimate of drug-likeness (QED) is 0.740. The van der Waals surface area contributed by atoms with E-state index in [-0.39, 0.29) is 0 Å². The summed E-state index contributed by atoms with van der Waals surface area (Å²) in [6, 6.07) is 7.65. The second kappa shape index (κ2) is 3.77. The van der Waals surface area contributed by atoms with Gasteiger partial charge in [-0.25, -0.2) is 0 Å². The highest BCUT2D eigenvalue weighted by atomic mass is 16.3. The molecule has 0 aliphatic heterocycles. The Kier molecular flexibility index (Phi) is 2.34. The van der Waals surface area contributed by atoms with Gasteiger partial charge in [0.1, 0.15) is 11.5 Å². The first kappa shape index (κ1) is 11.1. The molecule has 0 saturated carbocycles. The van der Waals surface area contributed by atoms with Gasteiger partial charge in [0, 0.05) is 0 Å². The van der Waals surface area contributed by atoms with Gasteiger partial charge < -0.3 is 10.2 Å². The Morgan fingerprint density at radius 3 is 2.44 bits per heavy atom. The molecule has 0 amide bonds. The van der Waals surface area contributed by atoms with Crippen molar-refractivity contribution in [2.45, 2.75) is 26.7 Å². The Bertz CT molecular complexity index is 642. The van der Waals surface area contributed by atoms with Gasteiger partial charge >= 0.3 is 0 Å². The van der Waals surface area contributed by atoms with Crippen LogP contribution < -0.4 is 0 Å². The van der Waals surface area contributed by atoms with Gasteiger partial charge in [-0.1, -0.05) is 6.07 Å². The summed E-state index contributed by atoms with van der Waals surface area (Å²) in [4.78, 5) is 0. The van der Waals surface area contributed by atoms with Gasteiger partial charge in [-0.3, -0.25) is 0 Å². The van der Waals surface area contributed by atoms with Crippen molar-refractivity contribution in [1.29, 1.82) is 0 Å². The highest BCUT2D eigenvalue weighted by Crippen LogP contribution is 2.40. The first-order valence-electron chi connectivity index (χ1n) is 6.22. The fourth-order valence-corrected chi connectivity index (χ4v) is 2.78. The molecular weight excluding hydrogens is 224 g/mol. The third-order valence-corrected chi connectivity index (χ3v) is 3.93. The molecule has 92 valence electrons. The number of fused-ring (bicyclic) bond motifs is 3. The third kappa shape index (κ3) is 1.49. The predicted molar refractivity (Wildman–Crippen MR) is 72.1 cm³/mol. The highest BCUT2D eigenvalue weighted by Gasteiger charge is 2.20. The number of phenols is 2. The largest absolute Gasteiger partial charge is 0.508 e. The number of aryl methyl sites for hydroxylation is 2. The summed E-state index contributed by atoms with van der Waals surface area (Å²) in [6.07, 6.45) is 1.84. The van der Waals surface area contributed by atoms with Crippen LogP contribution >= 0.6 is 0 Å². The van der Waals surface area contributed by atoms with Crippen molar-refractivity contribution in [2.24, 2.45) is 0 Å². The summed E-state index contributed by atoms with van der Waals surface area (Å²) in [7, 11) is 0. The molecule has 0 aromatic heterocycles. The lowest BCUT2D eigenvalue weighted by atomic mass is 9.82. The van der Waals surface area contributed by atoms with E-state index in [1.807, 2.05) is 32.0 Å². The maximum Gasteiger partial charge on any atom is 0.118 e. The Balaban J connectivity index is 2.29. The van der Waals surface area contributed by atoms with Crippen molar-refractivity contribution in [3.05, 3.63) is 46.5 Å². The molecule has 2 nitrogen and oxygen atoms in total. The van der Waals surface area contributed by atoms with Crippen molar-refractivity contribution in [2.75, 3.05) is 0 Å². The number of hydrogen-bond donors (Lipinski definition) is 2. The third-order valence-electron chi connectivity index (χ3n) is 3.93. The number of aromatic hydroxyl groups is 2. The van der Waals surface area contributed by atoms with E-state index in [2.05, 4.69) is 0 Å². The van der Waals surface area contributed by atoms with Gasteiger partial charge in [-0.2, -0.15) is 0 Å². The molecule has 2 aromatic carbocycles. The molecule has 0 heterocycles. The van der Waals surface area contributed by atoms with E-state index in [1.165, 1.54) is 22.3 Å². The summed E-state index contributed by atoms with van der Waals surface area (Å²) in [6.45, 7) is 3.88. The van der Waals surface area contributed by atoms with Gasteiger partial charge in [0.2, 0.25) is 0 Å². The van der Waals surface area contributed by atoms with Crippen LogP contribution in [-0.2, 0) is 12.8 Å². The fourth-order valence-electron chi connectivity index (χ4n) is 2.78. The van der Waals surface area contributed by atoms with Crippen molar-refractivity contribution < 1.29 is 10.2 Å². The second-order valence-electron chi connectivity index (χ2n) is 5.03. The number of hydrogen-bond acceptors (Lipinski definition) is 2. The summed E-state index contributed by atoms with van der Waals surface area (Å²) in [5.74, 6) is 0.736. The Labute approximate surface area is 107 Å². The number of benzene rings is 2. The normalized spacial score (nSPS) is 13.0. The first-order chi connectivity index (χ1) is 8.58. The molecule has 0 unspecified atom stereocenters. The van der Waals surface area contributed by atoms with E-state index in [0.717, 1.165) is 24.0 Å². The monoisotopic (exact) mass is 240 g/mol. The van der Waals surface area contributed by atoms with Crippen LogP contribution in [0.4, 0.5) is 0 Å². The molecule has 1 aliphatic carbocycles. The molecule has 2 heteroatoms.